The molecule has 2 rings (SSSR count). The van der Waals surface area contributed by atoms with E-state index in [9.17, 15) is 14.9 Å². The largest absolute Gasteiger partial charge is 0.336 e. The Balaban J connectivity index is 2.40. The van der Waals surface area contributed by atoms with Gasteiger partial charge in [0.1, 0.15) is 0 Å². The van der Waals surface area contributed by atoms with Crippen molar-refractivity contribution in [3.63, 3.8) is 0 Å². The molecule has 21 heavy (non-hydrogen) atoms. The van der Waals surface area contributed by atoms with Gasteiger partial charge in [0.25, 0.3) is 11.6 Å². The van der Waals surface area contributed by atoms with Crippen molar-refractivity contribution in [3.8, 4) is 0 Å². The van der Waals surface area contributed by atoms with E-state index >= 15 is 0 Å². The minimum atomic E-state index is -0.577. The molecule has 0 bridgehead atoms. The Bertz CT molecular complexity index is 578. The fourth-order valence-corrected chi connectivity index (χ4v) is 3.09. The van der Waals surface area contributed by atoms with Gasteiger partial charge in [-0.2, -0.15) is 0 Å². The highest BCUT2D eigenvalue weighted by Gasteiger charge is 2.29. The zero-order valence-electron chi connectivity index (χ0n) is 11.6. The standard InChI is InChI=1S/C14H16Cl2N2O3/c1-2-9-5-3-4-6-17(9)14(19)11-7-10(18(20)21)8-12(15)13(11)16/h7-9H,2-6H2,1H3. The number of carbonyl (C=O) groups excluding carboxylic acids is 1. The first-order valence-electron chi connectivity index (χ1n) is 6.90. The number of non-ortho nitro benzene ring substituents is 1. The van der Waals surface area contributed by atoms with E-state index in [0.29, 0.717) is 6.54 Å². The van der Waals surface area contributed by atoms with E-state index in [1.807, 2.05) is 6.92 Å². The maximum atomic E-state index is 12.7. The van der Waals surface area contributed by atoms with Crippen molar-refractivity contribution in [3.05, 3.63) is 37.9 Å². The number of carbonyl (C=O) groups is 1. The number of nitrogens with zero attached hydrogens (tertiary/aromatic N) is 2. The van der Waals surface area contributed by atoms with Crippen molar-refractivity contribution in [2.45, 2.75) is 38.6 Å². The lowest BCUT2D eigenvalue weighted by Gasteiger charge is -2.35. The van der Waals surface area contributed by atoms with Gasteiger partial charge in [-0.15, -0.1) is 0 Å². The minimum absolute atomic E-state index is 0.0271. The summed E-state index contributed by atoms with van der Waals surface area (Å²) in [5.74, 6) is -0.280. The number of halogens is 2. The van der Waals surface area contributed by atoms with Crippen LogP contribution in [0.2, 0.25) is 10.0 Å². The molecule has 0 spiro atoms. The molecule has 0 saturated carbocycles. The van der Waals surface area contributed by atoms with Gasteiger partial charge in [0.05, 0.1) is 20.5 Å². The zero-order chi connectivity index (χ0) is 15.6. The highest BCUT2D eigenvalue weighted by molar-refractivity contribution is 6.44. The van der Waals surface area contributed by atoms with Crippen LogP contribution in [0.15, 0.2) is 12.1 Å². The molecule has 1 heterocycles. The lowest BCUT2D eigenvalue weighted by Crippen LogP contribution is -2.43. The number of piperidine rings is 1. The molecule has 1 aromatic carbocycles. The summed E-state index contributed by atoms with van der Waals surface area (Å²) >= 11 is 12.0. The highest BCUT2D eigenvalue weighted by Crippen LogP contribution is 2.33. The number of amides is 1. The van der Waals surface area contributed by atoms with E-state index in [0.717, 1.165) is 31.7 Å². The van der Waals surface area contributed by atoms with Gasteiger partial charge in [-0.25, -0.2) is 0 Å². The van der Waals surface area contributed by atoms with Crippen LogP contribution < -0.4 is 0 Å². The third kappa shape index (κ3) is 3.30. The van der Waals surface area contributed by atoms with Gasteiger partial charge in [0, 0.05) is 24.7 Å². The van der Waals surface area contributed by atoms with E-state index in [-0.39, 0.29) is 33.2 Å². The van der Waals surface area contributed by atoms with E-state index in [4.69, 9.17) is 23.2 Å². The summed E-state index contributed by atoms with van der Waals surface area (Å²) in [6.07, 6.45) is 3.82. The first-order chi connectivity index (χ1) is 9.95. The summed E-state index contributed by atoms with van der Waals surface area (Å²) < 4.78 is 0. The Morgan fingerprint density at radius 3 is 2.76 bits per heavy atom. The Morgan fingerprint density at radius 2 is 2.14 bits per heavy atom. The SMILES string of the molecule is CCC1CCCCN1C(=O)c1cc([N+](=O)[O-])cc(Cl)c1Cl. The molecule has 0 radical (unpaired) electrons. The summed E-state index contributed by atoms with van der Waals surface area (Å²) in [5, 5.41) is 11.0. The van der Waals surface area contributed by atoms with E-state index in [1.165, 1.54) is 6.07 Å². The zero-order valence-corrected chi connectivity index (χ0v) is 13.2. The molecule has 1 unspecified atom stereocenters. The molecule has 1 fully saturated rings. The lowest BCUT2D eigenvalue weighted by molar-refractivity contribution is -0.384. The lowest BCUT2D eigenvalue weighted by atomic mass is 9.98. The van der Waals surface area contributed by atoms with Crippen molar-refractivity contribution in [1.82, 2.24) is 4.90 Å². The molecular weight excluding hydrogens is 315 g/mol. The van der Waals surface area contributed by atoms with Crippen molar-refractivity contribution >= 4 is 34.8 Å². The number of likely N-dealkylation sites (tertiary alicyclic amines) is 1. The molecule has 1 aromatic rings. The number of hydrogen-bond donors (Lipinski definition) is 0. The van der Waals surface area contributed by atoms with Crippen LogP contribution in [-0.2, 0) is 0 Å². The Morgan fingerprint density at radius 1 is 1.43 bits per heavy atom. The van der Waals surface area contributed by atoms with Gasteiger partial charge in [0.15, 0.2) is 0 Å². The van der Waals surface area contributed by atoms with Crippen LogP contribution in [0.25, 0.3) is 0 Å². The molecule has 0 N–H and O–H groups in total. The summed E-state index contributed by atoms with van der Waals surface area (Å²) in [7, 11) is 0. The first kappa shape index (κ1) is 16.0. The molecule has 114 valence electrons. The second-order valence-electron chi connectivity index (χ2n) is 5.10. The molecule has 1 atom stereocenters. The third-order valence-corrected chi connectivity index (χ3v) is 4.62. The normalized spacial score (nSPS) is 18.6. The summed E-state index contributed by atoms with van der Waals surface area (Å²) in [4.78, 5) is 24.8. The predicted molar refractivity (Wildman–Crippen MR) is 82.1 cm³/mol. The number of hydrogen-bond acceptors (Lipinski definition) is 3. The van der Waals surface area contributed by atoms with Crippen molar-refractivity contribution in [2.75, 3.05) is 6.54 Å². The molecule has 5 nitrogen and oxygen atoms in total. The number of benzene rings is 1. The fourth-order valence-electron chi connectivity index (χ4n) is 2.68. The van der Waals surface area contributed by atoms with Gasteiger partial charge in [-0.3, -0.25) is 14.9 Å². The Hall–Kier alpha value is -1.33. The fraction of sp³-hybridized carbons (Fsp3) is 0.500. The molecule has 1 aliphatic heterocycles. The molecule has 0 aromatic heterocycles. The molecule has 7 heteroatoms. The van der Waals surface area contributed by atoms with Crippen LogP contribution in [0, 0.1) is 10.1 Å². The van der Waals surface area contributed by atoms with Crippen LogP contribution >= 0.6 is 23.2 Å². The van der Waals surface area contributed by atoms with Gasteiger partial charge in [-0.1, -0.05) is 30.1 Å². The number of rotatable bonds is 3. The Kier molecular flexibility index (Phi) is 5.06. The van der Waals surface area contributed by atoms with Gasteiger partial charge in [-0.05, 0) is 25.7 Å². The van der Waals surface area contributed by atoms with Crippen LogP contribution in [0.1, 0.15) is 43.0 Å². The molecule has 1 amide bonds. The highest BCUT2D eigenvalue weighted by atomic mass is 35.5. The van der Waals surface area contributed by atoms with E-state index < -0.39 is 4.92 Å². The average molecular weight is 331 g/mol. The minimum Gasteiger partial charge on any atom is -0.336 e. The topological polar surface area (TPSA) is 63.5 Å². The molecular formula is C14H16Cl2N2O3. The molecule has 1 aliphatic rings. The quantitative estimate of drug-likeness (QED) is 0.612. The molecule has 0 aliphatic carbocycles. The summed E-state index contributed by atoms with van der Waals surface area (Å²) in [5.41, 5.74) is -0.117. The maximum absolute atomic E-state index is 12.7. The second kappa shape index (κ2) is 6.62. The van der Waals surface area contributed by atoms with Crippen molar-refractivity contribution in [1.29, 1.82) is 0 Å². The first-order valence-corrected chi connectivity index (χ1v) is 7.65. The van der Waals surface area contributed by atoms with E-state index in [2.05, 4.69) is 0 Å². The third-order valence-electron chi connectivity index (χ3n) is 3.81. The van der Waals surface area contributed by atoms with Gasteiger partial charge < -0.3 is 4.90 Å². The number of nitro benzene ring substituents is 1. The van der Waals surface area contributed by atoms with Crippen molar-refractivity contribution in [2.24, 2.45) is 0 Å². The van der Waals surface area contributed by atoms with Crippen LogP contribution in [0.3, 0.4) is 0 Å². The monoisotopic (exact) mass is 330 g/mol. The van der Waals surface area contributed by atoms with Crippen molar-refractivity contribution < 1.29 is 9.72 Å². The summed E-state index contributed by atoms with van der Waals surface area (Å²) in [6, 6.07) is 2.52. The van der Waals surface area contributed by atoms with E-state index in [1.54, 1.807) is 4.90 Å². The van der Waals surface area contributed by atoms with Crippen LogP contribution in [0.5, 0.6) is 0 Å². The molecule has 1 saturated heterocycles. The predicted octanol–water partition coefficient (Wildman–Crippen LogP) is 4.31. The van der Waals surface area contributed by atoms with Crippen LogP contribution in [0.4, 0.5) is 5.69 Å². The van der Waals surface area contributed by atoms with Gasteiger partial charge in [0.2, 0.25) is 0 Å². The smallest absolute Gasteiger partial charge is 0.271 e. The number of nitro groups is 1. The maximum Gasteiger partial charge on any atom is 0.271 e. The average Bonchev–Trinajstić information content (AvgIpc) is 2.48. The summed E-state index contributed by atoms with van der Waals surface area (Å²) in [6.45, 7) is 2.67. The Labute approximate surface area is 133 Å². The van der Waals surface area contributed by atoms with Crippen LogP contribution in [-0.4, -0.2) is 28.3 Å². The van der Waals surface area contributed by atoms with Gasteiger partial charge >= 0.3 is 0 Å². The second-order valence-corrected chi connectivity index (χ2v) is 5.89.